The minimum absolute atomic E-state index is 0.378. The third kappa shape index (κ3) is 2.68. The van der Waals surface area contributed by atoms with Gasteiger partial charge in [0.05, 0.1) is 6.20 Å². The average molecular weight is 288 g/mol. The maximum absolute atomic E-state index is 5.52. The van der Waals surface area contributed by atoms with Gasteiger partial charge >= 0.3 is 0 Å². The first kappa shape index (κ1) is 14.1. The van der Waals surface area contributed by atoms with Gasteiger partial charge in [-0.3, -0.25) is 0 Å². The predicted molar refractivity (Wildman–Crippen MR) is 85.2 cm³/mol. The van der Waals surface area contributed by atoms with Gasteiger partial charge < -0.3 is 14.7 Å². The monoisotopic (exact) mass is 288 g/mol. The molecule has 6 heteroatoms. The van der Waals surface area contributed by atoms with E-state index in [0.717, 1.165) is 30.5 Å². The Morgan fingerprint density at radius 2 is 2.00 bits per heavy atom. The standard InChI is InChI=1S/C15H24N6/c1-15(2,3)11-4-7-20(8-5-11)14-13-17-6-9-21(13)10-12(18-14)19-16/h6,9-11,19H,4-5,7-8,16H2,1-3H3. The van der Waals surface area contributed by atoms with Gasteiger partial charge in [-0.05, 0) is 24.2 Å². The maximum atomic E-state index is 5.52. The van der Waals surface area contributed by atoms with E-state index in [9.17, 15) is 0 Å². The van der Waals surface area contributed by atoms with Crippen LogP contribution in [-0.2, 0) is 0 Å². The second kappa shape index (κ2) is 5.18. The van der Waals surface area contributed by atoms with Gasteiger partial charge in [0, 0.05) is 25.5 Å². The molecule has 1 aliphatic heterocycles. The second-order valence-electron chi connectivity index (χ2n) is 6.88. The Bertz CT molecular complexity index is 619. The number of fused-ring (bicyclic) bond motifs is 1. The van der Waals surface area contributed by atoms with Gasteiger partial charge in [-0.15, -0.1) is 0 Å². The van der Waals surface area contributed by atoms with E-state index in [1.165, 1.54) is 12.8 Å². The molecule has 2 aromatic rings. The van der Waals surface area contributed by atoms with Crippen molar-refractivity contribution in [3.05, 3.63) is 18.6 Å². The molecule has 0 atom stereocenters. The first-order valence-corrected chi connectivity index (χ1v) is 7.54. The number of imidazole rings is 1. The first-order chi connectivity index (χ1) is 9.99. The maximum Gasteiger partial charge on any atom is 0.180 e. The zero-order valence-corrected chi connectivity index (χ0v) is 13.0. The van der Waals surface area contributed by atoms with Crippen molar-refractivity contribution in [3.8, 4) is 0 Å². The summed E-state index contributed by atoms with van der Waals surface area (Å²) >= 11 is 0. The third-order valence-electron chi connectivity index (χ3n) is 4.52. The number of nitrogens with one attached hydrogen (secondary N) is 1. The van der Waals surface area contributed by atoms with Gasteiger partial charge in [-0.1, -0.05) is 20.8 Å². The number of rotatable bonds is 2. The summed E-state index contributed by atoms with van der Waals surface area (Å²) in [6, 6.07) is 0. The summed E-state index contributed by atoms with van der Waals surface area (Å²) in [7, 11) is 0. The van der Waals surface area contributed by atoms with Gasteiger partial charge in [-0.2, -0.15) is 0 Å². The van der Waals surface area contributed by atoms with Gasteiger partial charge in [0.1, 0.15) is 0 Å². The molecule has 0 spiro atoms. The van der Waals surface area contributed by atoms with Gasteiger partial charge in [0.25, 0.3) is 0 Å². The lowest BCUT2D eigenvalue weighted by molar-refractivity contribution is 0.199. The predicted octanol–water partition coefficient (Wildman–Crippen LogP) is 2.28. The Morgan fingerprint density at radius 3 is 2.62 bits per heavy atom. The summed E-state index contributed by atoms with van der Waals surface area (Å²) in [6.07, 6.45) is 7.95. The molecular weight excluding hydrogens is 264 g/mol. The van der Waals surface area contributed by atoms with Gasteiger partial charge in [0.15, 0.2) is 17.3 Å². The molecule has 6 nitrogen and oxygen atoms in total. The molecule has 1 saturated heterocycles. The Labute approximate surface area is 125 Å². The molecule has 1 fully saturated rings. The average Bonchev–Trinajstić information content (AvgIpc) is 2.93. The number of nitrogens with zero attached hydrogens (tertiary/aromatic N) is 4. The van der Waals surface area contributed by atoms with Crippen molar-refractivity contribution in [2.24, 2.45) is 17.2 Å². The molecule has 0 unspecified atom stereocenters. The molecule has 3 rings (SSSR count). The molecule has 21 heavy (non-hydrogen) atoms. The third-order valence-corrected chi connectivity index (χ3v) is 4.52. The van der Waals surface area contributed by atoms with Crippen molar-refractivity contribution < 1.29 is 0 Å². The van der Waals surface area contributed by atoms with Crippen molar-refractivity contribution >= 4 is 17.3 Å². The lowest BCUT2D eigenvalue weighted by Gasteiger charge is -2.39. The van der Waals surface area contributed by atoms with Crippen LogP contribution in [0, 0.1) is 11.3 Å². The number of hydrogen-bond donors (Lipinski definition) is 2. The summed E-state index contributed by atoms with van der Waals surface area (Å²) in [6.45, 7) is 9.03. The Kier molecular flexibility index (Phi) is 3.49. The van der Waals surface area contributed by atoms with Crippen molar-refractivity contribution in [3.63, 3.8) is 0 Å². The van der Waals surface area contributed by atoms with E-state index in [0.29, 0.717) is 11.2 Å². The molecule has 0 bridgehead atoms. The highest BCUT2D eigenvalue weighted by Crippen LogP contribution is 2.35. The van der Waals surface area contributed by atoms with Crippen LogP contribution in [0.15, 0.2) is 18.6 Å². The van der Waals surface area contributed by atoms with Crippen molar-refractivity contribution in [1.82, 2.24) is 14.4 Å². The fraction of sp³-hybridized carbons (Fsp3) is 0.600. The molecule has 0 aliphatic carbocycles. The highest BCUT2D eigenvalue weighted by atomic mass is 15.3. The Hall–Kier alpha value is -1.82. The lowest BCUT2D eigenvalue weighted by atomic mass is 9.75. The fourth-order valence-electron chi connectivity index (χ4n) is 3.15. The quantitative estimate of drug-likeness (QED) is 0.655. The van der Waals surface area contributed by atoms with Crippen LogP contribution < -0.4 is 16.2 Å². The SMILES string of the molecule is CC(C)(C)C1CCN(c2nc(NN)cn3ccnc23)CC1. The zero-order valence-electron chi connectivity index (χ0n) is 13.0. The first-order valence-electron chi connectivity index (χ1n) is 7.54. The number of hydrazine groups is 1. The summed E-state index contributed by atoms with van der Waals surface area (Å²) < 4.78 is 1.97. The number of nitrogens with two attached hydrogens (primary N) is 1. The van der Waals surface area contributed by atoms with E-state index in [-0.39, 0.29) is 0 Å². The number of nitrogen functional groups attached to an aromatic ring is 1. The smallest absolute Gasteiger partial charge is 0.180 e. The number of hydrogen-bond acceptors (Lipinski definition) is 5. The van der Waals surface area contributed by atoms with E-state index in [1.54, 1.807) is 6.20 Å². The molecule has 114 valence electrons. The normalized spacial score (nSPS) is 17.4. The van der Waals surface area contributed by atoms with Crippen molar-refractivity contribution in [2.45, 2.75) is 33.6 Å². The van der Waals surface area contributed by atoms with E-state index >= 15 is 0 Å². The van der Waals surface area contributed by atoms with Crippen molar-refractivity contribution in [2.75, 3.05) is 23.4 Å². The van der Waals surface area contributed by atoms with Crippen LogP contribution in [0.2, 0.25) is 0 Å². The summed E-state index contributed by atoms with van der Waals surface area (Å²) in [4.78, 5) is 11.4. The topological polar surface area (TPSA) is 71.5 Å². The molecule has 2 aromatic heterocycles. The molecule has 0 aromatic carbocycles. The summed E-state index contributed by atoms with van der Waals surface area (Å²) in [5.41, 5.74) is 3.90. The van der Waals surface area contributed by atoms with E-state index < -0.39 is 0 Å². The fourth-order valence-corrected chi connectivity index (χ4v) is 3.15. The van der Waals surface area contributed by atoms with Crippen LogP contribution in [0.4, 0.5) is 11.6 Å². The number of aromatic nitrogens is 3. The minimum Gasteiger partial charge on any atom is -0.353 e. The van der Waals surface area contributed by atoms with E-state index in [4.69, 9.17) is 5.84 Å². The van der Waals surface area contributed by atoms with Crippen LogP contribution in [0.3, 0.4) is 0 Å². The van der Waals surface area contributed by atoms with Gasteiger partial charge in [0.2, 0.25) is 0 Å². The Morgan fingerprint density at radius 1 is 1.29 bits per heavy atom. The molecule has 3 N–H and O–H groups in total. The van der Waals surface area contributed by atoms with E-state index in [1.807, 2.05) is 16.8 Å². The molecule has 0 saturated carbocycles. The Balaban J connectivity index is 1.86. The van der Waals surface area contributed by atoms with Crippen LogP contribution in [-0.4, -0.2) is 27.5 Å². The van der Waals surface area contributed by atoms with Crippen LogP contribution in [0.25, 0.3) is 5.65 Å². The van der Waals surface area contributed by atoms with Crippen LogP contribution >= 0.6 is 0 Å². The highest BCUT2D eigenvalue weighted by Gasteiger charge is 2.30. The number of anilines is 2. The summed E-state index contributed by atoms with van der Waals surface area (Å²) in [5, 5.41) is 0. The number of piperidine rings is 1. The van der Waals surface area contributed by atoms with Crippen LogP contribution in [0.1, 0.15) is 33.6 Å². The van der Waals surface area contributed by atoms with E-state index in [2.05, 4.69) is 41.1 Å². The van der Waals surface area contributed by atoms with Gasteiger partial charge in [-0.25, -0.2) is 15.8 Å². The minimum atomic E-state index is 0.378. The molecule has 0 radical (unpaired) electrons. The largest absolute Gasteiger partial charge is 0.353 e. The molecular formula is C15H24N6. The molecule has 1 aliphatic rings. The lowest BCUT2D eigenvalue weighted by Crippen LogP contribution is -2.38. The van der Waals surface area contributed by atoms with Crippen molar-refractivity contribution in [1.29, 1.82) is 0 Å². The highest BCUT2D eigenvalue weighted by molar-refractivity contribution is 5.66. The molecule has 0 amide bonds. The summed E-state index contributed by atoms with van der Waals surface area (Å²) in [5.74, 6) is 7.87. The zero-order chi connectivity index (χ0) is 15.0. The van der Waals surface area contributed by atoms with Crippen LogP contribution in [0.5, 0.6) is 0 Å². The second-order valence-corrected chi connectivity index (χ2v) is 6.88. The molecule has 3 heterocycles.